The Kier molecular flexibility index (Phi) is 4.97. The third-order valence-electron chi connectivity index (χ3n) is 5.82. The minimum atomic E-state index is -0.826. The van der Waals surface area contributed by atoms with Gasteiger partial charge in [0, 0.05) is 36.9 Å². The maximum atomic E-state index is 13.1. The smallest absolute Gasteiger partial charge is 0.258 e. The molecule has 0 aliphatic carbocycles. The molecule has 0 saturated carbocycles. The molecule has 1 fully saturated rings. The predicted octanol–water partition coefficient (Wildman–Crippen LogP) is 3.76. The third-order valence-corrected chi connectivity index (χ3v) is 6.12. The highest BCUT2D eigenvalue weighted by atomic mass is 35.5. The van der Waals surface area contributed by atoms with Gasteiger partial charge in [-0.1, -0.05) is 11.6 Å². The number of piperidine rings is 1. The molecule has 0 atom stereocenters. The highest BCUT2D eigenvalue weighted by Gasteiger charge is 2.43. The summed E-state index contributed by atoms with van der Waals surface area (Å²) >= 11 is 6.29. The Morgan fingerprint density at radius 1 is 1.25 bits per heavy atom. The molecule has 8 nitrogen and oxygen atoms in total. The second-order valence-electron chi connectivity index (χ2n) is 8.46. The van der Waals surface area contributed by atoms with Crippen LogP contribution >= 0.6 is 11.6 Å². The van der Waals surface area contributed by atoms with E-state index in [0.717, 1.165) is 5.39 Å². The van der Waals surface area contributed by atoms with Gasteiger partial charge in [-0.15, -0.1) is 0 Å². The lowest BCUT2D eigenvalue weighted by Crippen LogP contribution is -2.61. The van der Waals surface area contributed by atoms with Gasteiger partial charge in [0.25, 0.3) is 11.8 Å². The minimum Gasteiger partial charge on any atom is -0.491 e. The number of aromatic amines is 1. The average Bonchev–Trinajstić information content (AvgIpc) is 3.23. The Bertz CT molecular complexity index is 1210. The Morgan fingerprint density at radius 3 is 2.78 bits per heavy atom. The quantitative estimate of drug-likeness (QED) is 0.628. The van der Waals surface area contributed by atoms with Crippen LogP contribution in [0.1, 0.15) is 47.4 Å². The summed E-state index contributed by atoms with van der Waals surface area (Å²) in [6, 6.07) is 8.71. The lowest BCUT2D eigenvalue weighted by molar-refractivity contribution is -0.0246. The number of carbonyl (C=O) groups excluding carboxylic acids is 2. The van der Waals surface area contributed by atoms with Crippen molar-refractivity contribution in [3.63, 3.8) is 0 Å². The van der Waals surface area contributed by atoms with Crippen molar-refractivity contribution in [2.75, 3.05) is 13.1 Å². The van der Waals surface area contributed by atoms with Gasteiger partial charge in [-0.25, -0.2) is 0 Å². The lowest BCUT2D eigenvalue weighted by Gasteiger charge is -2.44. The second kappa shape index (κ2) is 7.70. The number of nitrogens with zero attached hydrogens (tertiary/aromatic N) is 2. The third kappa shape index (κ3) is 3.64. The number of halogens is 1. The summed E-state index contributed by atoms with van der Waals surface area (Å²) < 4.78 is 11.9. The molecular weight excluding hydrogens is 432 g/mol. The van der Waals surface area contributed by atoms with E-state index in [4.69, 9.17) is 21.1 Å². The highest BCUT2D eigenvalue weighted by molar-refractivity contribution is 6.35. The first-order valence-electron chi connectivity index (χ1n) is 10.6. The normalized spacial score (nSPS) is 17.2. The van der Waals surface area contributed by atoms with Crippen molar-refractivity contribution < 1.29 is 19.1 Å². The zero-order valence-corrected chi connectivity index (χ0v) is 18.5. The Labute approximate surface area is 189 Å². The van der Waals surface area contributed by atoms with Crippen molar-refractivity contribution in [3.05, 3.63) is 52.7 Å². The van der Waals surface area contributed by atoms with E-state index in [-0.39, 0.29) is 17.9 Å². The van der Waals surface area contributed by atoms with Crippen LogP contribution in [0.5, 0.6) is 11.5 Å². The van der Waals surface area contributed by atoms with E-state index in [1.165, 1.54) is 0 Å². The molecule has 1 aromatic heterocycles. The number of carbonyl (C=O) groups is 2. The van der Waals surface area contributed by atoms with Crippen LogP contribution in [0, 0.1) is 0 Å². The minimum absolute atomic E-state index is 0.0120. The molecule has 3 aromatic rings. The average molecular weight is 455 g/mol. The molecule has 2 aliphatic rings. The van der Waals surface area contributed by atoms with E-state index in [1.807, 2.05) is 13.8 Å². The van der Waals surface area contributed by atoms with Crippen LogP contribution in [0.15, 0.2) is 36.5 Å². The van der Waals surface area contributed by atoms with E-state index >= 15 is 0 Å². The van der Waals surface area contributed by atoms with Crippen LogP contribution in [0.3, 0.4) is 0 Å². The van der Waals surface area contributed by atoms with Crippen LogP contribution in [-0.4, -0.2) is 51.8 Å². The summed E-state index contributed by atoms with van der Waals surface area (Å²) in [6.45, 7) is 4.76. The summed E-state index contributed by atoms with van der Waals surface area (Å²) in [7, 11) is 0. The number of nitrogens with one attached hydrogen (secondary N) is 2. The predicted molar refractivity (Wildman–Crippen MR) is 119 cm³/mol. The lowest BCUT2D eigenvalue weighted by atomic mass is 9.96. The molecule has 3 heterocycles. The summed E-state index contributed by atoms with van der Waals surface area (Å²) in [6.07, 6.45) is 2.62. The number of fused-ring (bicyclic) bond motifs is 2. The molecule has 2 aromatic carbocycles. The molecule has 0 unspecified atom stereocenters. The molecule has 2 amide bonds. The highest BCUT2D eigenvalue weighted by Crippen LogP contribution is 2.36. The summed E-state index contributed by atoms with van der Waals surface area (Å²) in [5.41, 5.74) is 0.847. The van der Waals surface area contributed by atoms with E-state index < -0.39 is 5.72 Å². The van der Waals surface area contributed by atoms with E-state index in [1.54, 1.807) is 41.4 Å². The Morgan fingerprint density at radius 2 is 2.03 bits per heavy atom. The fourth-order valence-electron chi connectivity index (χ4n) is 4.25. The number of amides is 2. The van der Waals surface area contributed by atoms with Gasteiger partial charge in [-0.05, 0) is 44.2 Å². The van der Waals surface area contributed by atoms with Crippen LogP contribution in [0.4, 0.5) is 0 Å². The molecule has 32 heavy (non-hydrogen) atoms. The van der Waals surface area contributed by atoms with Gasteiger partial charge in [0.15, 0.2) is 5.72 Å². The standard InChI is InChI=1S/C23H23ClN4O4/c1-13(2)31-16-3-4-19-17(11-16)21(29)26-23(32-19)5-7-28(8-6-23)22(30)14-9-15-12-25-27-20(15)18(24)10-14/h3-4,9-13H,5-8H2,1-2H3,(H,25,27)(H,26,29). The van der Waals surface area contributed by atoms with Crippen molar-refractivity contribution in [1.29, 1.82) is 0 Å². The van der Waals surface area contributed by atoms with Crippen LogP contribution in [0.2, 0.25) is 5.02 Å². The first-order valence-corrected chi connectivity index (χ1v) is 11.0. The molecule has 2 aliphatic heterocycles. The Hall–Kier alpha value is -3.26. The number of benzene rings is 2. The molecule has 0 bridgehead atoms. The molecule has 9 heteroatoms. The number of hydrogen-bond donors (Lipinski definition) is 2. The fourth-order valence-corrected chi connectivity index (χ4v) is 4.52. The number of H-pyrrole nitrogens is 1. The topological polar surface area (TPSA) is 96.6 Å². The zero-order chi connectivity index (χ0) is 22.5. The maximum absolute atomic E-state index is 13.1. The van der Waals surface area contributed by atoms with E-state index in [9.17, 15) is 9.59 Å². The van der Waals surface area contributed by atoms with E-state index in [0.29, 0.717) is 59.1 Å². The molecular formula is C23H23ClN4O4. The molecule has 1 saturated heterocycles. The van der Waals surface area contributed by atoms with Gasteiger partial charge < -0.3 is 19.7 Å². The summed E-state index contributed by atoms with van der Waals surface area (Å²) in [4.78, 5) is 27.6. The van der Waals surface area contributed by atoms with Crippen molar-refractivity contribution in [2.45, 2.75) is 38.5 Å². The number of hydrogen-bond acceptors (Lipinski definition) is 5. The summed E-state index contributed by atoms with van der Waals surface area (Å²) in [5.74, 6) is 0.851. The van der Waals surface area contributed by atoms with Gasteiger partial charge in [0.2, 0.25) is 0 Å². The van der Waals surface area contributed by atoms with Gasteiger partial charge >= 0.3 is 0 Å². The molecule has 166 valence electrons. The Balaban J connectivity index is 1.30. The second-order valence-corrected chi connectivity index (χ2v) is 8.87. The SMILES string of the molecule is CC(C)Oc1ccc2c(c1)C(=O)NC1(CCN(C(=O)c3cc(Cl)c4[nH]ncc4c3)CC1)O2. The largest absolute Gasteiger partial charge is 0.491 e. The van der Waals surface area contributed by atoms with Crippen LogP contribution in [0.25, 0.3) is 10.9 Å². The number of ether oxygens (including phenoxy) is 2. The zero-order valence-electron chi connectivity index (χ0n) is 17.8. The first kappa shape index (κ1) is 20.6. The van der Waals surface area contributed by atoms with Crippen molar-refractivity contribution in [2.24, 2.45) is 0 Å². The summed E-state index contributed by atoms with van der Waals surface area (Å²) in [5, 5.41) is 11.1. The molecule has 0 radical (unpaired) electrons. The van der Waals surface area contributed by atoms with Gasteiger partial charge in [0.1, 0.15) is 11.5 Å². The maximum Gasteiger partial charge on any atom is 0.258 e. The van der Waals surface area contributed by atoms with Crippen molar-refractivity contribution in [1.82, 2.24) is 20.4 Å². The monoisotopic (exact) mass is 454 g/mol. The molecule has 5 rings (SSSR count). The molecule has 1 spiro atoms. The van der Waals surface area contributed by atoms with Gasteiger partial charge in [-0.3, -0.25) is 14.7 Å². The van der Waals surface area contributed by atoms with Crippen molar-refractivity contribution >= 4 is 34.3 Å². The van der Waals surface area contributed by atoms with Gasteiger partial charge in [-0.2, -0.15) is 5.10 Å². The van der Waals surface area contributed by atoms with Crippen LogP contribution in [-0.2, 0) is 0 Å². The fraction of sp³-hybridized carbons (Fsp3) is 0.348. The molecule has 2 N–H and O–H groups in total. The van der Waals surface area contributed by atoms with E-state index in [2.05, 4.69) is 15.5 Å². The van der Waals surface area contributed by atoms with Gasteiger partial charge in [0.05, 0.1) is 28.4 Å². The number of likely N-dealkylation sites (tertiary alicyclic amines) is 1. The number of aromatic nitrogens is 2. The van der Waals surface area contributed by atoms with Crippen LogP contribution < -0.4 is 14.8 Å². The number of rotatable bonds is 3. The first-order chi connectivity index (χ1) is 15.3. The van der Waals surface area contributed by atoms with Crippen molar-refractivity contribution in [3.8, 4) is 11.5 Å².